The second-order valence-electron chi connectivity index (χ2n) is 8.49. The van der Waals surface area contributed by atoms with Gasteiger partial charge >= 0.3 is 0 Å². The number of para-hydroxylation sites is 1. The number of hydrogen-bond donors (Lipinski definition) is 0. The van der Waals surface area contributed by atoms with E-state index in [0.29, 0.717) is 0 Å². The minimum Gasteiger partial charge on any atom is -0.456 e. The molecule has 0 saturated heterocycles. The van der Waals surface area contributed by atoms with E-state index >= 15 is 0 Å². The third-order valence-electron chi connectivity index (χ3n) is 6.35. The highest BCUT2D eigenvalue weighted by Crippen LogP contribution is 2.41. The third-order valence-corrected chi connectivity index (χ3v) is 8.11. The highest BCUT2D eigenvalue weighted by atomic mass is 127. The first-order valence-electron chi connectivity index (χ1n) is 11.0. The van der Waals surface area contributed by atoms with Crippen LogP contribution in [-0.2, 0) is 0 Å². The van der Waals surface area contributed by atoms with Crippen molar-refractivity contribution in [2.45, 2.75) is 6.92 Å². The van der Waals surface area contributed by atoms with Gasteiger partial charge < -0.3 is 8.83 Å². The molecule has 4 aromatic carbocycles. The van der Waals surface area contributed by atoms with Crippen molar-refractivity contribution in [3.8, 4) is 22.3 Å². The zero-order valence-corrected chi connectivity index (χ0v) is 20.1. The van der Waals surface area contributed by atoms with Gasteiger partial charge in [-0.15, -0.1) is 0 Å². The lowest BCUT2D eigenvalue weighted by Gasteiger charge is -2.09. The van der Waals surface area contributed by atoms with E-state index in [1.807, 2.05) is 12.1 Å². The number of fused-ring (bicyclic) bond motifs is 6. The highest BCUT2D eigenvalue weighted by Gasteiger charge is 2.18. The van der Waals surface area contributed by atoms with E-state index in [9.17, 15) is 0 Å². The molecule has 0 unspecified atom stereocenters. The number of benzene rings is 4. The summed E-state index contributed by atoms with van der Waals surface area (Å²) in [6.07, 6.45) is 2.12. The molecule has 0 bridgehead atoms. The Labute approximate surface area is 200 Å². The van der Waals surface area contributed by atoms with Gasteiger partial charge in [0, 0.05) is 27.3 Å². The van der Waals surface area contributed by atoms with Crippen LogP contribution in [0.4, 0.5) is 0 Å². The van der Waals surface area contributed by atoms with Crippen molar-refractivity contribution in [3.05, 3.63) is 99.8 Å². The fourth-order valence-corrected chi connectivity index (χ4v) is 6.51. The second-order valence-corrected chi connectivity index (χ2v) is 10.5. The quantitative estimate of drug-likeness (QED) is 0.206. The largest absolute Gasteiger partial charge is 0.456 e. The van der Waals surface area contributed by atoms with E-state index in [2.05, 4.69) is 87.8 Å². The van der Waals surface area contributed by atoms with Crippen molar-refractivity contribution in [2.75, 3.05) is 0 Å². The van der Waals surface area contributed by atoms with E-state index < -0.39 is 0 Å². The Bertz CT molecular complexity index is 1780. The van der Waals surface area contributed by atoms with Crippen molar-refractivity contribution >= 4 is 63.7 Å². The molecule has 3 heteroatoms. The molecule has 158 valence electrons. The van der Waals surface area contributed by atoms with E-state index in [1.54, 1.807) is 0 Å². The monoisotopic (exact) mass is 538 g/mol. The fourth-order valence-electron chi connectivity index (χ4n) is 4.77. The standard InChI is InChI=1S/C30H19IO2/c1-18-5-4-6-19(13-18)21-15-23(30-25(16-21)22-7-2-3-8-27(22)33-30)20-9-10-28-24(14-20)26-17-31-12-11-29(26)32-28/h2-17H,1H3. The first-order chi connectivity index (χ1) is 16.2. The van der Waals surface area contributed by atoms with Crippen molar-refractivity contribution in [3.63, 3.8) is 0 Å². The molecular formula is C30H19IO2. The van der Waals surface area contributed by atoms with E-state index in [1.165, 1.54) is 27.6 Å². The van der Waals surface area contributed by atoms with Crippen LogP contribution in [0.2, 0.25) is 0 Å². The van der Waals surface area contributed by atoms with Crippen molar-refractivity contribution in [1.82, 2.24) is 0 Å². The summed E-state index contributed by atoms with van der Waals surface area (Å²) in [6, 6.07) is 28.0. The minimum absolute atomic E-state index is 0.0545. The Balaban J connectivity index is 1.55. The molecule has 0 atom stereocenters. The zero-order valence-electron chi connectivity index (χ0n) is 17.9. The van der Waals surface area contributed by atoms with Gasteiger partial charge in [0.05, 0.1) is 0 Å². The summed E-state index contributed by atoms with van der Waals surface area (Å²) in [7, 11) is 0. The summed E-state index contributed by atoms with van der Waals surface area (Å²) < 4.78 is 17.1. The number of hydrogen-bond acceptors (Lipinski definition) is 2. The molecule has 0 radical (unpaired) electrons. The zero-order chi connectivity index (χ0) is 21.9. The second kappa shape index (κ2) is 7.29. The summed E-state index contributed by atoms with van der Waals surface area (Å²) >= 11 is -0.0545. The predicted octanol–water partition coefficient (Wildman–Crippen LogP) is 9.08. The Morgan fingerprint density at radius 2 is 1.55 bits per heavy atom. The number of furan rings is 2. The Morgan fingerprint density at radius 3 is 2.48 bits per heavy atom. The van der Waals surface area contributed by atoms with Crippen molar-refractivity contribution in [2.24, 2.45) is 0 Å². The molecule has 2 nitrogen and oxygen atoms in total. The number of rotatable bonds is 2. The van der Waals surface area contributed by atoms with Gasteiger partial charge in [0.1, 0.15) is 22.5 Å². The highest BCUT2D eigenvalue weighted by molar-refractivity contribution is 14.2. The molecule has 33 heavy (non-hydrogen) atoms. The molecule has 3 heterocycles. The molecular weight excluding hydrogens is 519 g/mol. The molecule has 1 aliphatic heterocycles. The SMILES string of the molecule is Cc1cccc(-c2cc(-c3ccc4oc5c(c4c3)C=IC=C5)c3oc4ccccc4c3c2)c1. The smallest absolute Gasteiger partial charge is 0.143 e. The van der Waals surface area contributed by atoms with Crippen molar-refractivity contribution in [1.29, 1.82) is 0 Å². The van der Waals surface area contributed by atoms with Crippen LogP contribution in [0.3, 0.4) is 0 Å². The normalized spacial score (nSPS) is 13.0. The fraction of sp³-hybridized carbons (Fsp3) is 0.0333. The molecule has 0 N–H and O–H groups in total. The van der Waals surface area contributed by atoms with Crippen LogP contribution in [0.15, 0.2) is 91.8 Å². The molecule has 6 aromatic rings. The van der Waals surface area contributed by atoms with E-state index in [0.717, 1.165) is 44.4 Å². The van der Waals surface area contributed by atoms with Crippen LogP contribution in [-0.4, -0.2) is 4.01 Å². The van der Waals surface area contributed by atoms with Crippen LogP contribution in [0.25, 0.3) is 61.2 Å². The molecule has 7 rings (SSSR count). The predicted molar refractivity (Wildman–Crippen MR) is 147 cm³/mol. The van der Waals surface area contributed by atoms with Gasteiger partial charge in [-0.2, -0.15) is 0 Å². The van der Waals surface area contributed by atoms with Gasteiger partial charge in [-0.3, -0.25) is 0 Å². The van der Waals surface area contributed by atoms with Gasteiger partial charge in [0.25, 0.3) is 0 Å². The minimum atomic E-state index is -0.0545. The van der Waals surface area contributed by atoms with Gasteiger partial charge in [-0.05, 0) is 68.1 Å². The molecule has 1 aliphatic rings. The Morgan fingerprint density at radius 1 is 0.667 bits per heavy atom. The molecule has 0 amide bonds. The summed E-state index contributed by atoms with van der Waals surface area (Å²) in [5, 5.41) is 3.47. The van der Waals surface area contributed by atoms with Crippen molar-refractivity contribution < 1.29 is 8.83 Å². The lowest BCUT2D eigenvalue weighted by Crippen LogP contribution is -1.86. The maximum atomic E-state index is 6.42. The van der Waals surface area contributed by atoms with Crippen LogP contribution in [0.5, 0.6) is 0 Å². The van der Waals surface area contributed by atoms with Crippen LogP contribution >= 0.6 is 20.7 Å². The molecule has 2 aromatic heterocycles. The van der Waals surface area contributed by atoms with E-state index in [-0.39, 0.29) is 20.7 Å². The molecule has 0 aliphatic carbocycles. The van der Waals surface area contributed by atoms with Crippen LogP contribution < -0.4 is 0 Å². The molecule has 0 fully saturated rings. The average molecular weight is 538 g/mol. The van der Waals surface area contributed by atoms with Gasteiger partial charge in [0.2, 0.25) is 0 Å². The van der Waals surface area contributed by atoms with E-state index in [4.69, 9.17) is 8.83 Å². The lowest BCUT2D eigenvalue weighted by atomic mass is 9.94. The third kappa shape index (κ3) is 3.03. The molecule has 0 spiro atoms. The maximum Gasteiger partial charge on any atom is 0.143 e. The summed E-state index contributed by atoms with van der Waals surface area (Å²) in [4.78, 5) is 0. The summed E-state index contributed by atoms with van der Waals surface area (Å²) in [6.45, 7) is 2.14. The number of aryl methyl sites for hydroxylation is 1. The van der Waals surface area contributed by atoms with Gasteiger partial charge in [-0.1, -0.05) is 74.8 Å². The lowest BCUT2D eigenvalue weighted by molar-refractivity contribution is 0.604. The first-order valence-corrected chi connectivity index (χ1v) is 13.4. The summed E-state index contributed by atoms with van der Waals surface area (Å²) in [5.41, 5.74) is 9.94. The maximum absolute atomic E-state index is 6.42. The Kier molecular flexibility index (Phi) is 4.21. The molecule has 0 saturated carbocycles. The summed E-state index contributed by atoms with van der Waals surface area (Å²) in [5.74, 6) is 0.968. The van der Waals surface area contributed by atoms with Gasteiger partial charge in [0.15, 0.2) is 0 Å². The van der Waals surface area contributed by atoms with Crippen LogP contribution in [0, 0.1) is 6.92 Å². The van der Waals surface area contributed by atoms with Crippen LogP contribution in [0.1, 0.15) is 16.9 Å². The average Bonchev–Trinajstić information content (AvgIpc) is 3.41. The van der Waals surface area contributed by atoms with Gasteiger partial charge in [-0.25, -0.2) is 0 Å². The topological polar surface area (TPSA) is 26.3 Å². The number of halogens is 1. The first kappa shape index (κ1) is 19.1. The Hall–Kier alpha value is -3.44.